The van der Waals surface area contributed by atoms with Gasteiger partial charge in [0.15, 0.2) is 6.29 Å². The molecule has 13 atom stereocenters. The second-order valence-corrected chi connectivity index (χ2v) is 9.44. The first-order valence-electron chi connectivity index (χ1n) is 10.6. The van der Waals surface area contributed by atoms with Crippen LogP contribution in [0.1, 0.15) is 26.7 Å². The summed E-state index contributed by atoms with van der Waals surface area (Å²) in [7, 11) is 0. The number of fused-ring (bicyclic) bond motifs is 4. The Balaban J connectivity index is 1.73. The Labute approximate surface area is 178 Å². The molecule has 0 aromatic heterocycles. The maximum atomic E-state index is 12.7. The number of hydrogen-bond acceptors (Lipinski definition) is 10. The first-order chi connectivity index (χ1) is 14.5. The summed E-state index contributed by atoms with van der Waals surface area (Å²) in [5.41, 5.74) is -1.07. The number of carbonyl (C=O) groups excluding carboxylic acids is 1. The topological polar surface area (TPSA) is 183 Å². The van der Waals surface area contributed by atoms with Crippen LogP contribution in [0.25, 0.3) is 0 Å². The second kappa shape index (κ2) is 7.91. The zero-order valence-corrected chi connectivity index (χ0v) is 17.3. The molecule has 11 nitrogen and oxygen atoms in total. The van der Waals surface area contributed by atoms with E-state index in [1.807, 2.05) is 0 Å². The standard InChI is InChI=1S/C20H30O11/c1-6(22)10-11-7-3-4-8(17(26)27)20(7,2)16(15(10)30-18(11)28)31-19-14(25)13(24)12(23)9(5-21)29-19/h6-16,19,21-25H,3-5H2,1-2H3,(H,26,27)/t6-,7-,8-,9-,10-,11+,12-,13+,14-,15+,16+,19+,20+/m1/s1. The first-order valence-corrected chi connectivity index (χ1v) is 10.6. The molecule has 0 aromatic rings. The van der Waals surface area contributed by atoms with Crippen molar-refractivity contribution in [2.24, 2.45) is 29.1 Å². The van der Waals surface area contributed by atoms with E-state index < -0.39 is 96.6 Å². The Morgan fingerprint density at radius 2 is 1.90 bits per heavy atom. The molecule has 2 aliphatic heterocycles. The van der Waals surface area contributed by atoms with Gasteiger partial charge in [0.2, 0.25) is 0 Å². The van der Waals surface area contributed by atoms with Crippen LogP contribution in [0.15, 0.2) is 0 Å². The summed E-state index contributed by atoms with van der Waals surface area (Å²) in [6.45, 7) is 2.59. The van der Waals surface area contributed by atoms with E-state index in [2.05, 4.69) is 0 Å². The number of hydrogen-bond donors (Lipinski definition) is 6. The fourth-order valence-corrected chi connectivity index (χ4v) is 6.42. The average molecular weight is 446 g/mol. The summed E-state index contributed by atoms with van der Waals surface area (Å²) >= 11 is 0. The maximum Gasteiger partial charge on any atom is 0.310 e. The third-order valence-electron chi connectivity index (χ3n) is 7.96. The number of esters is 1. The number of aliphatic carboxylic acids is 1. The highest BCUT2D eigenvalue weighted by Crippen LogP contribution is 2.63. The minimum absolute atomic E-state index is 0.314. The lowest BCUT2D eigenvalue weighted by atomic mass is 9.55. The van der Waals surface area contributed by atoms with Crippen molar-refractivity contribution in [3.05, 3.63) is 0 Å². The van der Waals surface area contributed by atoms with Gasteiger partial charge < -0.3 is 44.8 Å². The minimum atomic E-state index is -1.69. The molecule has 4 aliphatic rings. The van der Waals surface area contributed by atoms with Crippen LogP contribution < -0.4 is 0 Å². The molecule has 2 bridgehead atoms. The molecule has 31 heavy (non-hydrogen) atoms. The summed E-state index contributed by atoms with van der Waals surface area (Å²) in [5, 5.41) is 60.3. The highest BCUT2D eigenvalue weighted by Gasteiger charge is 2.71. The van der Waals surface area contributed by atoms with E-state index in [0.717, 1.165) is 0 Å². The quantitative estimate of drug-likeness (QED) is 0.253. The molecule has 176 valence electrons. The molecular formula is C20H30O11. The fraction of sp³-hybridized carbons (Fsp3) is 0.900. The normalized spacial score (nSPS) is 52.5. The fourth-order valence-electron chi connectivity index (χ4n) is 6.42. The highest BCUT2D eigenvalue weighted by atomic mass is 16.7. The smallest absolute Gasteiger partial charge is 0.310 e. The summed E-state index contributed by atoms with van der Waals surface area (Å²) < 4.78 is 17.1. The van der Waals surface area contributed by atoms with Crippen LogP contribution in [-0.4, -0.2) is 98.2 Å². The van der Waals surface area contributed by atoms with Crippen LogP contribution in [0.2, 0.25) is 0 Å². The van der Waals surface area contributed by atoms with Crippen molar-refractivity contribution in [1.29, 1.82) is 0 Å². The molecule has 2 saturated carbocycles. The lowest BCUT2D eigenvalue weighted by Gasteiger charge is -2.52. The van der Waals surface area contributed by atoms with Crippen LogP contribution >= 0.6 is 0 Å². The van der Waals surface area contributed by atoms with Gasteiger partial charge in [-0.2, -0.15) is 0 Å². The predicted octanol–water partition coefficient (Wildman–Crippen LogP) is -2.16. The highest BCUT2D eigenvalue weighted by molar-refractivity contribution is 5.78. The molecule has 2 aliphatic carbocycles. The van der Waals surface area contributed by atoms with Crippen molar-refractivity contribution in [3.8, 4) is 0 Å². The van der Waals surface area contributed by atoms with Crippen LogP contribution in [-0.2, 0) is 23.8 Å². The van der Waals surface area contributed by atoms with E-state index in [-0.39, 0.29) is 0 Å². The van der Waals surface area contributed by atoms with Crippen molar-refractivity contribution in [2.45, 2.75) is 75.7 Å². The Kier molecular flexibility index (Phi) is 5.83. The van der Waals surface area contributed by atoms with E-state index in [0.29, 0.717) is 12.8 Å². The van der Waals surface area contributed by atoms with Gasteiger partial charge in [0, 0.05) is 11.3 Å². The minimum Gasteiger partial charge on any atom is -0.481 e. The van der Waals surface area contributed by atoms with Crippen molar-refractivity contribution < 1.29 is 54.4 Å². The van der Waals surface area contributed by atoms with Gasteiger partial charge in [-0.25, -0.2) is 0 Å². The van der Waals surface area contributed by atoms with Gasteiger partial charge >= 0.3 is 11.9 Å². The van der Waals surface area contributed by atoms with E-state index in [4.69, 9.17) is 14.2 Å². The Bertz CT molecular complexity index is 726. The predicted molar refractivity (Wildman–Crippen MR) is 99.1 cm³/mol. The van der Waals surface area contributed by atoms with Gasteiger partial charge in [0.25, 0.3) is 0 Å². The number of aliphatic hydroxyl groups is 5. The summed E-state index contributed by atoms with van der Waals surface area (Å²) in [5.74, 6) is -4.16. The monoisotopic (exact) mass is 446 g/mol. The Morgan fingerprint density at radius 3 is 2.48 bits per heavy atom. The molecule has 11 heteroatoms. The third kappa shape index (κ3) is 3.21. The van der Waals surface area contributed by atoms with Gasteiger partial charge in [-0.3, -0.25) is 9.59 Å². The van der Waals surface area contributed by atoms with Crippen molar-refractivity contribution >= 4 is 11.9 Å². The summed E-state index contributed by atoms with van der Waals surface area (Å²) in [4.78, 5) is 24.8. The lowest BCUT2D eigenvalue weighted by Crippen LogP contribution is -2.64. The van der Waals surface area contributed by atoms with Gasteiger partial charge in [-0.1, -0.05) is 6.92 Å². The molecule has 0 radical (unpaired) electrons. The molecule has 6 N–H and O–H groups in total. The largest absolute Gasteiger partial charge is 0.481 e. The zero-order chi connectivity index (χ0) is 22.8. The molecule has 4 rings (SSSR count). The Morgan fingerprint density at radius 1 is 1.23 bits per heavy atom. The van der Waals surface area contributed by atoms with Crippen LogP contribution in [0.3, 0.4) is 0 Å². The molecule has 0 spiro atoms. The molecular weight excluding hydrogens is 416 g/mol. The van der Waals surface area contributed by atoms with Crippen LogP contribution in [0.4, 0.5) is 0 Å². The van der Waals surface area contributed by atoms with Gasteiger partial charge in [-0.05, 0) is 25.7 Å². The van der Waals surface area contributed by atoms with Crippen molar-refractivity contribution in [1.82, 2.24) is 0 Å². The third-order valence-corrected chi connectivity index (χ3v) is 7.96. The SMILES string of the molecule is C[C@@H](O)[C@H]1[C@@H]2OC(=O)[C@H]1[C@H]1CC[C@H](C(=O)O)[C@@]1(C)[C@H]2O[C@@H]1O[C@H](CO)[C@@H](O)[C@H](O)[C@H]1O. The first kappa shape index (κ1) is 22.8. The number of carboxylic acid groups (broad SMARTS) is 1. The molecule has 4 fully saturated rings. The number of carbonyl (C=O) groups is 2. The molecule has 0 unspecified atom stereocenters. The van der Waals surface area contributed by atoms with Gasteiger partial charge in [0.05, 0.1) is 24.5 Å². The number of rotatable bonds is 5. The van der Waals surface area contributed by atoms with E-state index in [1.165, 1.54) is 6.92 Å². The van der Waals surface area contributed by atoms with E-state index in [9.17, 15) is 40.2 Å². The average Bonchev–Trinajstić information content (AvgIpc) is 3.21. The lowest BCUT2D eigenvalue weighted by molar-refractivity contribution is -0.334. The van der Waals surface area contributed by atoms with Crippen LogP contribution in [0, 0.1) is 29.1 Å². The van der Waals surface area contributed by atoms with Crippen molar-refractivity contribution in [2.75, 3.05) is 6.61 Å². The molecule has 0 amide bonds. The number of ether oxygens (including phenoxy) is 3. The van der Waals surface area contributed by atoms with Gasteiger partial charge in [0.1, 0.15) is 36.6 Å². The molecule has 2 saturated heterocycles. The number of carboxylic acids is 1. The Hall–Kier alpha value is -1.34. The summed E-state index contributed by atoms with van der Waals surface area (Å²) in [6.07, 6.45) is -9.90. The van der Waals surface area contributed by atoms with Gasteiger partial charge in [-0.15, -0.1) is 0 Å². The maximum absolute atomic E-state index is 12.7. The van der Waals surface area contributed by atoms with Crippen molar-refractivity contribution in [3.63, 3.8) is 0 Å². The number of aliphatic hydroxyl groups excluding tert-OH is 5. The molecule has 0 aromatic carbocycles. The van der Waals surface area contributed by atoms with E-state index >= 15 is 0 Å². The van der Waals surface area contributed by atoms with E-state index in [1.54, 1.807) is 6.92 Å². The second-order valence-electron chi connectivity index (χ2n) is 9.44. The molecule has 2 heterocycles. The summed E-state index contributed by atoms with van der Waals surface area (Å²) in [6, 6.07) is 0. The van der Waals surface area contributed by atoms with Crippen LogP contribution in [0.5, 0.6) is 0 Å². The zero-order valence-electron chi connectivity index (χ0n) is 17.3.